The summed E-state index contributed by atoms with van der Waals surface area (Å²) in [5, 5.41) is 23.1. The van der Waals surface area contributed by atoms with Crippen LogP contribution in [0.25, 0.3) is 10.4 Å². The van der Waals surface area contributed by atoms with Crippen molar-refractivity contribution in [1.82, 2.24) is 9.55 Å². The van der Waals surface area contributed by atoms with Crippen LogP contribution in [0.1, 0.15) is 12.5 Å². The second-order valence-electron chi connectivity index (χ2n) is 4.48. The van der Waals surface area contributed by atoms with E-state index >= 15 is 0 Å². The number of aromatic nitrogens is 2. The number of nitrogens with one attached hydrogen (secondary N) is 1. The normalized spacial score (nSPS) is 30.0. The molecule has 1 aliphatic rings. The first-order valence-electron chi connectivity index (χ1n) is 5.73. The number of aliphatic hydroxyl groups excluding tert-OH is 2. The van der Waals surface area contributed by atoms with Crippen LogP contribution in [0, 0.1) is 5.92 Å². The highest BCUT2D eigenvalue weighted by Crippen LogP contribution is 2.34. The second kappa shape index (κ2) is 5.27. The van der Waals surface area contributed by atoms with Crippen molar-refractivity contribution >= 4 is 0 Å². The molecule has 3 N–H and O–H groups in total. The second-order valence-corrected chi connectivity index (χ2v) is 4.48. The summed E-state index contributed by atoms with van der Waals surface area (Å²) in [6.45, 7) is 0.0450. The van der Waals surface area contributed by atoms with Gasteiger partial charge in [0.25, 0.3) is 5.56 Å². The van der Waals surface area contributed by atoms with Crippen molar-refractivity contribution < 1.29 is 10.2 Å². The zero-order valence-electron chi connectivity index (χ0n) is 9.88. The number of nitrogens with zero attached hydrogens (tertiary/aromatic N) is 4. The topological polar surface area (TPSA) is 144 Å². The van der Waals surface area contributed by atoms with Crippen LogP contribution in [-0.4, -0.2) is 38.5 Å². The summed E-state index contributed by atoms with van der Waals surface area (Å²) >= 11 is 0. The molecule has 0 aliphatic heterocycles. The molecule has 19 heavy (non-hydrogen) atoms. The van der Waals surface area contributed by atoms with Crippen LogP contribution in [0.4, 0.5) is 0 Å². The third-order valence-corrected chi connectivity index (χ3v) is 3.36. The van der Waals surface area contributed by atoms with Crippen LogP contribution in [-0.2, 0) is 0 Å². The fraction of sp³-hybridized carbons (Fsp3) is 0.600. The van der Waals surface area contributed by atoms with Gasteiger partial charge in [0.15, 0.2) is 0 Å². The predicted molar refractivity (Wildman–Crippen MR) is 64.5 cm³/mol. The summed E-state index contributed by atoms with van der Waals surface area (Å²) in [7, 11) is 0. The van der Waals surface area contributed by atoms with E-state index in [9.17, 15) is 19.8 Å². The highest BCUT2D eigenvalue weighted by atomic mass is 16.3. The van der Waals surface area contributed by atoms with E-state index in [0.29, 0.717) is 0 Å². The predicted octanol–water partition coefficient (Wildman–Crippen LogP) is -0.870. The smallest absolute Gasteiger partial charge is 0.328 e. The zero-order valence-corrected chi connectivity index (χ0v) is 9.88. The Morgan fingerprint density at radius 2 is 2.21 bits per heavy atom. The van der Waals surface area contributed by atoms with Crippen molar-refractivity contribution in [2.24, 2.45) is 11.0 Å². The molecule has 1 saturated carbocycles. The van der Waals surface area contributed by atoms with Crippen molar-refractivity contribution in [1.29, 1.82) is 0 Å². The number of rotatable bonds is 3. The number of aromatic amines is 1. The maximum atomic E-state index is 11.6. The SMILES string of the molecule is [N-]=[N+]=NC[C@H]1C[C@@H](n2ccc(=O)[nH]c2=O)C(O)C1O. The van der Waals surface area contributed by atoms with Crippen molar-refractivity contribution in [3.63, 3.8) is 0 Å². The Morgan fingerprint density at radius 1 is 1.47 bits per heavy atom. The van der Waals surface area contributed by atoms with Crippen molar-refractivity contribution in [2.45, 2.75) is 24.7 Å². The lowest BCUT2D eigenvalue weighted by atomic mass is 10.1. The Hall–Kier alpha value is -2.09. The Labute approximate surface area is 106 Å². The minimum atomic E-state index is -1.15. The molecule has 4 atom stereocenters. The van der Waals surface area contributed by atoms with Crippen molar-refractivity contribution in [3.8, 4) is 0 Å². The minimum absolute atomic E-state index is 0.0450. The largest absolute Gasteiger partial charge is 0.390 e. The summed E-state index contributed by atoms with van der Waals surface area (Å²) < 4.78 is 1.17. The van der Waals surface area contributed by atoms with E-state index in [0.717, 1.165) is 0 Å². The third-order valence-electron chi connectivity index (χ3n) is 3.36. The Balaban J connectivity index is 2.28. The molecule has 0 bridgehead atoms. The van der Waals surface area contributed by atoms with E-state index in [2.05, 4.69) is 15.0 Å². The molecule has 0 amide bonds. The van der Waals surface area contributed by atoms with Gasteiger partial charge in [-0.3, -0.25) is 14.3 Å². The lowest BCUT2D eigenvalue weighted by molar-refractivity contribution is 0.00701. The molecule has 0 radical (unpaired) electrons. The summed E-state index contributed by atoms with van der Waals surface area (Å²) in [6.07, 6.45) is -0.665. The van der Waals surface area contributed by atoms with E-state index < -0.39 is 35.4 Å². The molecule has 102 valence electrons. The number of hydrogen-bond acceptors (Lipinski definition) is 5. The number of aliphatic hydroxyl groups is 2. The lowest BCUT2D eigenvalue weighted by Gasteiger charge is -2.18. The van der Waals surface area contributed by atoms with Crippen molar-refractivity contribution in [2.75, 3.05) is 6.54 Å². The maximum Gasteiger partial charge on any atom is 0.328 e. The average Bonchev–Trinajstić information content (AvgIpc) is 2.64. The first-order chi connectivity index (χ1) is 9.04. The minimum Gasteiger partial charge on any atom is -0.390 e. The molecular weight excluding hydrogens is 254 g/mol. The van der Waals surface area contributed by atoms with Gasteiger partial charge in [-0.25, -0.2) is 4.79 Å². The molecule has 9 nitrogen and oxygen atoms in total. The zero-order chi connectivity index (χ0) is 14.0. The summed E-state index contributed by atoms with van der Waals surface area (Å²) in [5.74, 6) is -0.422. The Bertz CT molecular complexity index is 617. The molecule has 1 aromatic rings. The van der Waals surface area contributed by atoms with Crippen LogP contribution in [0.3, 0.4) is 0 Å². The van der Waals surface area contributed by atoms with Crippen LogP contribution in [0.2, 0.25) is 0 Å². The Kier molecular flexibility index (Phi) is 3.70. The van der Waals surface area contributed by atoms with Gasteiger partial charge < -0.3 is 10.2 Å². The maximum absolute atomic E-state index is 11.6. The fourth-order valence-corrected chi connectivity index (χ4v) is 2.39. The van der Waals surface area contributed by atoms with Crippen LogP contribution in [0.15, 0.2) is 27.0 Å². The monoisotopic (exact) mass is 267 g/mol. The summed E-state index contributed by atoms with van der Waals surface area (Å²) in [5.41, 5.74) is 7.08. The lowest BCUT2D eigenvalue weighted by Crippen LogP contribution is -2.37. The molecule has 1 aromatic heterocycles. The van der Waals surface area contributed by atoms with Gasteiger partial charge in [0.1, 0.15) is 6.10 Å². The van der Waals surface area contributed by atoms with Gasteiger partial charge in [-0.1, -0.05) is 5.11 Å². The highest BCUT2D eigenvalue weighted by molar-refractivity contribution is 4.98. The number of H-pyrrole nitrogens is 1. The van der Waals surface area contributed by atoms with Gasteiger partial charge in [-0.15, -0.1) is 0 Å². The summed E-state index contributed by atoms with van der Waals surface area (Å²) in [6, 6.07) is 0.514. The van der Waals surface area contributed by atoms with E-state index in [1.54, 1.807) is 0 Å². The van der Waals surface area contributed by atoms with E-state index in [4.69, 9.17) is 5.53 Å². The van der Waals surface area contributed by atoms with Crippen LogP contribution in [0.5, 0.6) is 0 Å². The quantitative estimate of drug-likeness (QED) is 0.371. The average molecular weight is 267 g/mol. The van der Waals surface area contributed by atoms with Crippen LogP contribution < -0.4 is 11.2 Å². The molecule has 2 unspecified atom stereocenters. The van der Waals surface area contributed by atoms with Gasteiger partial charge in [0.2, 0.25) is 0 Å². The van der Waals surface area contributed by atoms with Crippen LogP contribution >= 0.6 is 0 Å². The standard InChI is InChI=1S/C10H13N5O4/c11-14-12-4-5-3-6(9(18)8(5)17)15-2-1-7(16)13-10(15)19/h1-2,5-6,8-9,17-18H,3-4H2,(H,13,16,19)/t5-,6-,8?,9?/m1/s1. The number of hydrogen-bond donors (Lipinski definition) is 3. The van der Waals surface area contributed by atoms with E-state index in [1.165, 1.54) is 16.8 Å². The third kappa shape index (κ3) is 2.53. The fourth-order valence-electron chi connectivity index (χ4n) is 2.39. The molecule has 0 spiro atoms. The molecule has 9 heteroatoms. The van der Waals surface area contributed by atoms with Gasteiger partial charge in [-0.2, -0.15) is 0 Å². The van der Waals surface area contributed by atoms with E-state index in [1.807, 2.05) is 0 Å². The molecule has 1 heterocycles. The molecule has 0 saturated heterocycles. The van der Waals surface area contributed by atoms with Gasteiger partial charge >= 0.3 is 5.69 Å². The highest BCUT2D eigenvalue weighted by Gasteiger charge is 2.42. The summed E-state index contributed by atoms with van der Waals surface area (Å²) in [4.78, 5) is 27.3. The van der Waals surface area contributed by atoms with Gasteiger partial charge in [-0.05, 0) is 17.9 Å². The van der Waals surface area contributed by atoms with Gasteiger partial charge in [0, 0.05) is 23.7 Å². The Morgan fingerprint density at radius 3 is 2.84 bits per heavy atom. The first kappa shape index (κ1) is 13.3. The molecular formula is C10H13N5O4. The molecule has 0 aromatic carbocycles. The first-order valence-corrected chi connectivity index (χ1v) is 5.73. The molecule has 1 aliphatic carbocycles. The molecule has 1 fully saturated rings. The van der Waals surface area contributed by atoms with Crippen molar-refractivity contribution in [3.05, 3.63) is 43.5 Å². The van der Waals surface area contributed by atoms with Gasteiger partial charge in [0.05, 0.1) is 12.1 Å². The number of azide groups is 1. The van der Waals surface area contributed by atoms with E-state index in [-0.39, 0.29) is 13.0 Å². The molecule has 2 rings (SSSR count).